The minimum Gasteiger partial charge on any atom is -0.493 e. The van der Waals surface area contributed by atoms with Crippen LogP contribution in [0.1, 0.15) is 28.6 Å². The van der Waals surface area contributed by atoms with Gasteiger partial charge in [0.2, 0.25) is 5.95 Å². The van der Waals surface area contributed by atoms with E-state index in [-0.39, 0.29) is 5.95 Å². The van der Waals surface area contributed by atoms with Crippen molar-refractivity contribution in [2.45, 2.75) is 18.8 Å². The number of rotatable bonds is 6. The first-order chi connectivity index (χ1) is 17.3. The molecule has 0 fully saturated rings. The van der Waals surface area contributed by atoms with Gasteiger partial charge in [-0.2, -0.15) is 18.2 Å². The highest BCUT2D eigenvalue weighted by Crippen LogP contribution is 2.38. The van der Waals surface area contributed by atoms with Crippen molar-refractivity contribution in [3.8, 4) is 11.5 Å². The third-order valence-electron chi connectivity index (χ3n) is 5.64. The molecule has 0 radical (unpaired) electrons. The lowest BCUT2D eigenvalue weighted by molar-refractivity contribution is -0.145. The highest BCUT2D eigenvalue weighted by Gasteiger charge is 2.39. The normalized spacial score (nSPS) is 15.0. The van der Waals surface area contributed by atoms with Gasteiger partial charge in [-0.3, -0.25) is 0 Å². The summed E-state index contributed by atoms with van der Waals surface area (Å²) < 4.78 is 53.0. The van der Waals surface area contributed by atoms with Crippen molar-refractivity contribution in [3.63, 3.8) is 0 Å². The van der Waals surface area contributed by atoms with Crippen molar-refractivity contribution in [2.24, 2.45) is 0 Å². The van der Waals surface area contributed by atoms with Crippen LogP contribution in [0.3, 0.4) is 0 Å². The van der Waals surface area contributed by atoms with Crippen molar-refractivity contribution in [1.82, 2.24) is 14.8 Å². The van der Waals surface area contributed by atoms with Crippen LogP contribution >= 0.6 is 11.6 Å². The maximum absolute atomic E-state index is 13.4. The minimum absolute atomic E-state index is 0.0249. The molecule has 184 valence electrons. The summed E-state index contributed by atoms with van der Waals surface area (Å²) >= 11 is 6.01. The summed E-state index contributed by atoms with van der Waals surface area (Å²) in [7, 11) is 1.51. The van der Waals surface area contributed by atoms with Crippen LogP contribution in [0, 0.1) is 0 Å². The number of nitrogens with zero attached hydrogens (tertiary/aromatic N) is 3. The summed E-state index contributed by atoms with van der Waals surface area (Å²) in [5, 5.41) is 7.26. The first-order valence-corrected chi connectivity index (χ1v) is 11.3. The molecule has 0 unspecified atom stereocenters. The Hall–Kier alpha value is -3.98. The molecular formula is C26H20ClF3N4O2. The molecule has 0 aliphatic carbocycles. The van der Waals surface area contributed by atoms with Gasteiger partial charge in [-0.05, 0) is 47.0 Å². The SMILES string of the molecule is COc1cc([C@H]2C=C(c3ccc(Cl)cc3)Nc3nc(C(F)(F)F)nn32)ccc1OCc1ccccc1. The number of anilines is 1. The molecule has 0 saturated heterocycles. The fourth-order valence-electron chi connectivity index (χ4n) is 3.87. The third kappa shape index (κ3) is 4.87. The standard InChI is InChI=1S/C26H20ClF3N4O2/c1-35-23-13-18(9-12-22(23)36-15-16-5-3-2-4-6-16)21-14-20(17-7-10-19(27)11-8-17)31-25-32-24(26(28,29)30)33-34(21)25/h2-14,21H,15H2,1H3,(H,31,32,33)/t21-/m1/s1. The summed E-state index contributed by atoms with van der Waals surface area (Å²) in [5.74, 6) is -0.296. The largest absolute Gasteiger partial charge is 0.493 e. The molecule has 1 atom stereocenters. The second kappa shape index (κ2) is 9.58. The van der Waals surface area contributed by atoms with Crippen LogP contribution in [0.25, 0.3) is 5.70 Å². The lowest BCUT2D eigenvalue weighted by Gasteiger charge is -2.25. The predicted molar refractivity (Wildman–Crippen MR) is 130 cm³/mol. The number of benzene rings is 3. The average Bonchev–Trinajstić information content (AvgIpc) is 3.33. The first-order valence-electron chi connectivity index (χ1n) is 10.9. The smallest absolute Gasteiger partial charge is 0.453 e. The molecule has 1 aliphatic heterocycles. The number of hydrogen-bond acceptors (Lipinski definition) is 5. The van der Waals surface area contributed by atoms with Gasteiger partial charge in [-0.1, -0.05) is 60.1 Å². The van der Waals surface area contributed by atoms with Crippen molar-refractivity contribution < 1.29 is 22.6 Å². The Morgan fingerprint density at radius 1 is 1.00 bits per heavy atom. The van der Waals surface area contributed by atoms with E-state index in [9.17, 15) is 13.2 Å². The minimum atomic E-state index is -4.69. The van der Waals surface area contributed by atoms with E-state index in [0.717, 1.165) is 11.1 Å². The maximum Gasteiger partial charge on any atom is 0.453 e. The summed E-state index contributed by atoms with van der Waals surface area (Å²) in [6.07, 6.45) is -2.91. The zero-order valence-electron chi connectivity index (χ0n) is 19.0. The summed E-state index contributed by atoms with van der Waals surface area (Å²) in [5.41, 5.74) is 2.95. The molecule has 0 spiro atoms. The monoisotopic (exact) mass is 512 g/mol. The number of nitrogens with one attached hydrogen (secondary N) is 1. The number of ether oxygens (including phenoxy) is 2. The van der Waals surface area contributed by atoms with E-state index in [0.29, 0.717) is 34.4 Å². The molecule has 6 nitrogen and oxygen atoms in total. The molecule has 36 heavy (non-hydrogen) atoms. The van der Waals surface area contributed by atoms with Gasteiger partial charge in [0.05, 0.1) is 7.11 Å². The predicted octanol–water partition coefficient (Wildman–Crippen LogP) is 6.59. The van der Waals surface area contributed by atoms with Gasteiger partial charge >= 0.3 is 6.18 Å². The maximum atomic E-state index is 13.4. The molecule has 4 aromatic rings. The van der Waals surface area contributed by atoms with E-state index < -0.39 is 18.0 Å². The summed E-state index contributed by atoms with van der Waals surface area (Å²) in [6, 6.07) is 21.2. The van der Waals surface area contributed by atoms with E-state index in [4.69, 9.17) is 21.1 Å². The highest BCUT2D eigenvalue weighted by atomic mass is 35.5. The second-order valence-corrected chi connectivity index (χ2v) is 8.48. The Balaban J connectivity index is 1.52. The van der Waals surface area contributed by atoms with Crippen molar-refractivity contribution in [3.05, 3.63) is 106 Å². The van der Waals surface area contributed by atoms with Crippen LogP contribution in [0.2, 0.25) is 5.02 Å². The molecule has 1 N–H and O–H groups in total. The lowest BCUT2D eigenvalue weighted by atomic mass is 10.0. The number of allylic oxidation sites excluding steroid dienone is 1. The molecule has 2 heterocycles. The quantitative estimate of drug-likeness (QED) is 0.315. The topological polar surface area (TPSA) is 61.2 Å². The van der Waals surface area contributed by atoms with E-state index >= 15 is 0 Å². The van der Waals surface area contributed by atoms with E-state index in [1.54, 1.807) is 48.5 Å². The first kappa shape index (κ1) is 23.7. The van der Waals surface area contributed by atoms with Crippen molar-refractivity contribution in [1.29, 1.82) is 0 Å². The fourth-order valence-corrected chi connectivity index (χ4v) is 4.00. The molecule has 0 amide bonds. The number of alkyl halides is 3. The number of hydrogen-bond donors (Lipinski definition) is 1. The van der Waals surface area contributed by atoms with Gasteiger partial charge < -0.3 is 14.8 Å². The number of aromatic nitrogens is 3. The van der Waals surface area contributed by atoms with Crippen LogP contribution in [0.4, 0.5) is 19.1 Å². The van der Waals surface area contributed by atoms with Gasteiger partial charge in [0.1, 0.15) is 12.6 Å². The van der Waals surface area contributed by atoms with Crippen LogP contribution in [-0.4, -0.2) is 21.9 Å². The highest BCUT2D eigenvalue weighted by molar-refractivity contribution is 6.30. The molecule has 3 aromatic carbocycles. The fraction of sp³-hybridized carbons (Fsp3) is 0.154. The van der Waals surface area contributed by atoms with Gasteiger partial charge in [0.25, 0.3) is 5.82 Å². The van der Waals surface area contributed by atoms with E-state index in [1.165, 1.54) is 11.8 Å². The van der Waals surface area contributed by atoms with Gasteiger partial charge in [0.15, 0.2) is 11.5 Å². The average molecular weight is 513 g/mol. The zero-order chi connectivity index (χ0) is 25.3. The van der Waals surface area contributed by atoms with Crippen LogP contribution in [0.15, 0.2) is 78.9 Å². The van der Waals surface area contributed by atoms with Crippen LogP contribution in [0.5, 0.6) is 11.5 Å². The number of fused-ring (bicyclic) bond motifs is 1. The lowest BCUT2D eigenvalue weighted by Crippen LogP contribution is -2.20. The van der Waals surface area contributed by atoms with Crippen LogP contribution in [-0.2, 0) is 12.8 Å². The zero-order valence-corrected chi connectivity index (χ0v) is 19.7. The molecule has 1 aromatic heterocycles. The Morgan fingerprint density at radius 3 is 2.44 bits per heavy atom. The molecule has 0 bridgehead atoms. The molecule has 5 rings (SSSR count). The molecule has 0 saturated carbocycles. The second-order valence-electron chi connectivity index (χ2n) is 8.04. The van der Waals surface area contributed by atoms with Gasteiger partial charge in [-0.15, -0.1) is 5.10 Å². The van der Waals surface area contributed by atoms with E-state index in [1.807, 2.05) is 30.3 Å². The van der Waals surface area contributed by atoms with Crippen LogP contribution < -0.4 is 14.8 Å². The Bertz CT molecular complexity index is 1400. The summed E-state index contributed by atoms with van der Waals surface area (Å²) in [4.78, 5) is 3.71. The molecule has 1 aliphatic rings. The van der Waals surface area contributed by atoms with E-state index in [2.05, 4.69) is 15.4 Å². The van der Waals surface area contributed by atoms with Gasteiger partial charge in [-0.25, -0.2) is 4.68 Å². The molecule has 10 heteroatoms. The Morgan fingerprint density at radius 2 is 1.75 bits per heavy atom. The third-order valence-corrected chi connectivity index (χ3v) is 5.89. The number of halogens is 4. The van der Waals surface area contributed by atoms with Crippen molar-refractivity contribution >= 4 is 23.2 Å². The Kier molecular flexibility index (Phi) is 6.32. The summed E-state index contributed by atoms with van der Waals surface area (Å²) in [6.45, 7) is 0.340. The van der Waals surface area contributed by atoms with Crippen molar-refractivity contribution in [2.75, 3.05) is 12.4 Å². The van der Waals surface area contributed by atoms with Gasteiger partial charge in [0, 0.05) is 10.7 Å². The molecular weight excluding hydrogens is 493 g/mol. The Labute approximate surface area is 210 Å². The number of methoxy groups -OCH3 is 1.